The predicted octanol–water partition coefficient (Wildman–Crippen LogP) is 6.84. The summed E-state index contributed by atoms with van der Waals surface area (Å²) >= 11 is 5.90. The van der Waals surface area contributed by atoms with Gasteiger partial charge in [-0.2, -0.15) is 13.2 Å². The Bertz CT molecular complexity index is 1870. The zero-order valence-corrected chi connectivity index (χ0v) is 28.1. The highest BCUT2D eigenvalue weighted by Gasteiger charge is 2.30. The minimum atomic E-state index is -4.42. The van der Waals surface area contributed by atoms with Crippen LogP contribution in [-0.4, -0.2) is 49.2 Å². The first-order chi connectivity index (χ1) is 24.4. The minimum Gasteiger partial charge on any atom is -0.463 e. The zero-order chi connectivity index (χ0) is 36.4. The molecule has 6 N–H and O–H groups in total. The maximum Gasteiger partial charge on any atom is 0.416 e. The fourth-order valence-corrected chi connectivity index (χ4v) is 5.38. The standard InChI is InChI=1S/C19H18F3N3O2.C18H18ClN3O2/c20-19(21,22)14-6-4-13(5-7-14)17(26)24-15-8-1-12(2-9-15)3-10-16-11-27-18(23)25-16;19-14-3-1-2-13(10-14)17(23)21-15-7-4-12(5-8-15)6-9-16-11-24-18(20)22-16/h1-2,4-9,16H,3,10-11H2,(H2,23,25)(H,24,26);1-5,7-8,10,16H,6,9,11H2,(H2,20,22)(H,21,23). The number of anilines is 2. The van der Waals surface area contributed by atoms with Crippen molar-refractivity contribution in [3.8, 4) is 0 Å². The maximum absolute atomic E-state index is 12.6. The highest BCUT2D eigenvalue weighted by Crippen LogP contribution is 2.29. The van der Waals surface area contributed by atoms with Gasteiger partial charge in [0, 0.05) is 27.5 Å². The Balaban J connectivity index is 0.000000199. The smallest absolute Gasteiger partial charge is 0.416 e. The van der Waals surface area contributed by atoms with Crippen LogP contribution < -0.4 is 22.1 Å². The summed E-state index contributed by atoms with van der Waals surface area (Å²) in [5, 5.41) is 6.07. The number of carbonyl (C=O) groups is 2. The van der Waals surface area contributed by atoms with E-state index in [4.69, 9.17) is 32.5 Å². The lowest BCUT2D eigenvalue weighted by Gasteiger charge is -2.09. The van der Waals surface area contributed by atoms with Crippen molar-refractivity contribution in [1.82, 2.24) is 0 Å². The van der Waals surface area contributed by atoms with E-state index in [2.05, 4.69) is 20.6 Å². The summed E-state index contributed by atoms with van der Waals surface area (Å²) in [6.07, 6.45) is -1.06. The van der Waals surface area contributed by atoms with E-state index < -0.39 is 17.6 Å². The normalized spacial score (nSPS) is 16.5. The van der Waals surface area contributed by atoms with E-state index in [1.54, 1.807) is 36.4 Å². The number of hydrogen-bond donors (Lipinski definition) is 4. The van der Waals surface area contributed by atoms with Crippen LogP contribution in [0.5, 0.6) is 0 Å². The minimum absolute atomic E-state index is 0.0593. The first-order valence-corrected chi connectivity index (χ1v) is 16.4. The fraction of sp³-hybridized carbons (Fsp3) is 0.243. The summed E-state index contributed by atoms with van der Waals surface area (Å²) in [5.41, 5.74) is 14.4. The van der Waals surface area contributed by atoms with Crippen LogP contribution in [0.4, 0.5) is 24.5 Å². The number of aryl methyl sites for hydroxylation is 2. The number of rotatable bonds is 10. The van der Waals surface area contributed by atoms with E-state index >= 15 is 0 Å². The van der Waals surface area contributed by atoms with E-state index in [-0.39, 0.29) is 35.6 Å². The van der Waals surface area contributed by atoms with Gasteiger partial charge in [0.2, 0.25) is 0 Å². The van der Waals surface area contributed by atoms with Crippen molar-refractivity contribution >= 4 is 46.8 Å². The number of halogens is 4. The molecular formula is C37H36ClF3N6O4. The second-order valence-electron chi connectivity index (χ2n) is 11.8. The Morgan fingerprint density at radius 1 is 0.706 bits per heavy atom. The molecule has 2 atom stereocenters. The number of alkyl halides is 3. The van der Waals surface area contributed by atoms with Crippen molar-refractivity contribution in [3.63, 3.8) is 0 Å². The van der Waals surface area contributed by atoms with Crippen molar-refractivity contribution in [2.45, 2.75) is 43.9 Å². The van der Waals surface area contributed by atoms with Crippen LogP contribution in [0, 0.1) is 0 Å². The van der Waals surface area contributed by atoms with Gasteiger partial charge in [-0.05, 0) is 104 Å². The first-order valence-electron chi connectivity index (χ1n) is 16.1. The lowest BCUT2D eigenvalue weighted by atomic mass is 10.1. The van der Waals surface area contributed by atoms with Crippen LogP contribution in [0.25, 0.3) is 0 Å². The molecular weight excluding hydrogens is 685 g/mol. The number of benzene rings is 4. The van der Waals surface area contributed by atoms with Gasteiger partial charge in [0.05, 0.1) is 17.6 Å². The van der Waals surface area contributed by atoms with Crippen LogP contribution >= 0.6 is 11.6 Å². The highest BCUT2D eigenvalue weighted by molar-refractivity contribution is 6.31. The number of hydrogen-bond acceptors (Lipinski definition) is 8. The molecule has 0 spiro atoms. The van der Waals surface area contributed by atoms with Gasteiger partial charge in [0.25, 0.3) is 23.9 Å². The molecule has 14 heteroatoms. The van der Waals surface area contributed by atoms with Gasteiger partial charge in [-0.3, -0.25) is 9.59 Å². The Morgan fingerprint density at radius 3 is 1.59 bits per heavy atom. The molecule has 0 bridgehead atoms. The molecule has 0 fully saturated rings. The van der Waals surface area contributed by atoms with E-state index in [0.29, 0.717) is 29.5 Å². The van der Waals surface area contributed by atoms with E-state index in [1.165, 1.54) is 5.56 Å². The van der Waals surface area contributed by atoms with Crippen molar-refractivity contribution in [2.24, 2.45) is 21.5 Å². The molecule has 0 aliphatic carbocycles. The molecule has 10 nitrogen and oxygen atoms in total. The van der Waals surface area contributed by atoms with Gasteiger partial charge in [-0.15, -0.1) is 0 Å². The number of ether oxygens (including phenoxy) is 2. The van der Waals surface area contributed by atoms with Gasteiger partial charge in [0.15, 0.2) is 0 Å². The van der Waals surface area contributed by atoms with Crippen molar-refractivity contribution in [3.05, 3.63) is 130 Å². The molecule has 266 valence electrons. The molecule has 0 saturated carbocycles. The second-order valence-corrected chi connectivity index (χ2v) is 12.3. The molecule has 4 aromatic carbocycles. The number of carbonyl (C=O) groups excluding carboxylic acids is 2. The SMILES string of the molecule is NC1=NC(CCc2ccc(NC(=O)c3ccc(C(F)(F)F)cc3)cc2)CO1.NC1=NC(CCc2ccc(NC(=O)c3cccc(Cl)c3)cc2)CO1. The first kappa shape index (κ1) is 36.7. The molecule has 51 heavy (non-hydrogen) atoms. The molecule has 2 unspecified atom stereocenters. The van der Waals surface area contributed by atoms with Gasteiger partial charge in [-0.25, -0.2) is 9.98 Å². The maximum atomic E-state index is 12.6. The Hall–Kier alpha value is -5.56. The highest BCUT2D eigenvalue weighted by atomic mass is 35.5. The largest absolute Gasteiger partial charge is 0.463 e. The molecule has 2 aliphatic heterocycles. The van der Waals surface area contributed by atoms with Crippen molar-refractivity contribution in [2.75, 3.05) is 23.8 Å². The van der Waals surface area contributed by atoms with Gasteiger partial charge < -0.3 is 31.6 Å². The number of amides is 2. The third-order valence-electron chi connectivity index (χ3n) is 7.98. The van der Waals surface area contributed by atoms with E-state index in [9.17, 15) is 22.8 Å². The average Bonchev–Trinajstić information content (AvgIpc) is 3.74. The van der Waals surface area contributed by atoms with E-state index in [0.717, 1.165) is 61.2 Å². The summed E-state index contributed by atoms with van der Waals surface area (Å²) < 4.78 is 47.9. The van der Waals surface area contributed by atoms with Crippen LogP contribution in [0.1, 0.15) is 50.2 Å². The number of nitrogens with one attached hydrogen (secondary N) is 2. The lowest BCUT2D eigenvalue weighted by Crippen LogP contribution is -2.13. The lowest BCUT2D eigenvalue weighted by molar-refractivity contribution is -0.137. The summed E-state index contributed by atoms with van der Waals surface area (Å²) in [5.74, 6) is -0.650. The second kappa shape index (κ2) is 16.9. The van der Waals surface area contributed by atoms with Crippen LogP contribution in [-0.2, 0) is 28.5 Å². The molecule has 0 aromatic heterocycles. The number of aliphatic imine (C=N–C) groups is 2. The topological polar surface area (TPSA) is 153 Å². The van der Waals surface area contributed by atoms with Gasteiger partial charge in [0.1, 0.15) is 13.2 Å². The third kappa shape index (κ3) is 11.2. The molecule has 4 aromatic rings. The average molecular weight is 721 g/mol. The molecule has 0 saturated heterocycles. The Morgan fingerprint density at radius 2 is 1.18 bits per heavy atom. The number of amidine groups is 2. The molecule has 6 rings (SSSR count). The zero-order valence-electron chi connectivity index (χ0n) is 27.3. The summed E-state index contributed by atoms with van der Waals surface area (Å²) in [6, 6.07) is 26.7. The van der Waals surface area contributed by atoms with Crippen LogP contribution in [0.15, 0.2) is 107 Å². The summed E-state index contributed by atoms with van der Waals surface area (Å²) in [4.78, 5) is 32.7. The monoisotopic (exact) mass is 720 g/mol. The Labute approximate surface area is 297 Å². The van der Waals surface area contributed by atoms with Crippen LogP contribution in [0.2, 0.25) is 5.02 Å². The molecule has 0 radical (unpaired) electrons. The molecule has 2 aliphatic rings. The summed E-state index contributed by atoms with van der Waals surface area (Å²) in [6.45, 7) is 1.05. The van der Waals surface area contributed by atoms with Crippen LogP contribution in [0.3, 0.4) is 0 Å². The molecule has 2 amide bonds. The predicted molar refractivity (Wildman–Crippen MR) is 191 cm³/mol. The third-order valence-corrected chi connectivity index (χ3v) is 8.22. The number of nitrogens with two attached hydrogens (primary N) is 2. The number of nitrogens with zero attached hydrogens (tertiary/aromatic N) is 2. The fourth-order valence-electron chi connectivity index (χ4n) is 5.19. The van der Waals surface area contributed by atoms with Gasteiger partial charge in [-0.1, -0.05) is 41.9 Å². The summed E-state index contributed by atoms with van der Waals surface area (Å²) in [7, 11) is 0. The molecule has 2 heterocycles. The quantitative estimate of drug-likeness (QED) is 0.141. The van der Waals surface area contributed by atoms with Gasteiger partial charge >= 0.3 is 6.18 Å². The van der Waals surface area contributed by atoms with E-state index in [1.807, 2.05) is 36.4 Å². The Kier molecular flexibility index (Phi) is 12.2. The van der Waals surface area contributed by atoms with Crippen molar-refractivity contribution in [1.29, 1.82) is 0 Å². The van der Waals surface area contributed by atoms with Crippen molar-refractivity contribution < 1.29 is 32.2 Å².